The van der Waals surface area contributed by atoms with Gasteiger partial charge in [0.2, 0.25) is 0 Å². The number of benzene rings is 2. The standard InChI is InChI=1S/C21H18N2O3/c1-3-26-21(25)19(12-22)14(2)15-8-10-17(11-9-15)23-13-16-6-4-5-7-18(16)20(23)24/h4-11H,3,13H2,1-2H3/b19-14+. The zero-order chi connectivity index (χ0) is 18.7. The van der Waals surface area contributed by atoms with E-state index in [4.69, 9.17) is 4.74 Å². The maximum Gasteiger partial charge on any atom is 0.349 e. The molecular formula is C21H18N2O3. The average Bonchev–Trinajstić information content (AvgIpc) is 3.00. The van der Waals surface area contributed by atoms with Gasteiger partial charge in [-0.05, 0) is 48.7 Å². The number of ether oxygens (including phenoxy) is 1. The van der Waals surface area contributed by atoms with Crippen LogP contribution in [0.2, 0.25) is 0 Å². The Labute approximate surface area is 152 Å². The first kappa shape index (κ1) is 17.4. The fourth-order valence-corrected chi connectivity index (χ4v) is 2.98. The van der Waals surface area contributed by atoms with Gasteiger partial charge in [0.1, 0.15) is 11.6 Å². The number of carbonyl (C=O) groups is 2. The van der Waals surface area contributed by atoms with Gasteiger partial charge in [-0.2, -0.15) is 5.26 Å². The zero-order valence-corrected chi connectivity index (χ0v) is 14.7. The Balaban J connectivity index is 1.87. The van der Waals surface area contributed by atoms with Crippen molar-refractivity contribution in [2.24, 2.45) is 0 Å². The Morgan fingerprint density at radius 2 is 1.88 bits per heavy atom. The third kappa shape index (κ3) is 3.09. The molecule has 0 saturated heterocycles. The molecule has 1 heterocycles. The molecule has 5 heteroatoms. The number of fused-ring (bicyclic) bond motifs is 1. The van der Waals surface area contributed by atoms with Crippen molar-refractivity contribution in [2.75, 3.05) is 11.5 Å². The predicted octanol–water partition coefficient (Wildman–Crippen LogP) is 3.71. The SMILES string of the molecule is CCOC(=O)/C(C#N)=C(\C)c1ccc(N2Cc3ccccc3C2=O)cc1. The Kier molecular flexibility index (Phi) is 4.85. The van der Waals surface area contributed by atoms with Gasteiger partial charge < -0.3 is 9.64 Å². The van der Waals surface area contributed by atoms with Gasteiger partial charge in [0.15, 0.2) is 0 Å². The van der Waals surface area contributed by atoms with E-state index in [0.717, 1.165) is 22.4 Å². The molecule has 1 amide bonds. The Morgan fingerprint density at radius 3 is 2.50 bits per heavy atom. The molecule has 26 heavy (non-hydrogen) atoms. The van der Waals surface area contributed by atoms with E-state index >= 15 is 0 Å². The van der Waals surface area contributed by atoms with E-state index < -0.39 is 5.97 Å². The van der Waals surface area contributed by atoms with Crippen molar-refractivity contribution in [3.05, 3.63) is 70.8 Å². The normalized spacial score (nSPS) is 13.7. The molecule has 2 aromatic rings. The number of esters is 1. The minimum absolute atomic E-state index is 0.00995. The topological polar surface area (TPSA) is 70.4 Å². The molecule has 0 spiro atoms. The molecule has 1 aliphatic rings. The lowest BCUT2D eigenvalue weighted by Crippen LogP contribution is -2.22. The highest BCUT2D eigenvalue weighted by Gasteiger charge is 2.27. The van der Waals surface area contributed by atoms with Gasteiger partial charge in [-0.3, -0.25) is 4.79 Å². The molecule has 3 rings (SSSR count). The molecule has 2 aromatic carbocycles. The molecule has 0 bridgehead atoms. The van der Waals surface area contributed by atoms with E-state index in [1.165, 1.54) is 0 Å². The van der Waals surface area contributed by atoms with Crippen LogP contribution in [0, 0.1) is 11.3 Å². The summed E-state index contributed by atoms with van der Waals surface area (Å²) in [6, 6.07) is 16.7. The number of carbonyl (C=O) groups excluding carboxylic acids is 2. The van der Waals surface area contributed by atoms with E-state index in [2.05, 4.69) is 0 Å². The van der Waals surface area contributed by atoms with Crippen LogP contribution >= 0.6 is 0 Å². The van der Waals surface area contributed by atoms with Gasteiger partial charge in [-0.25, -0.2) is 4.79 Å². The van der Waals surface area contributed by atoms with Gasteiger partial charge in [-0.1, -0.05) is 30.3 Å². The van der Waals surface area contributed by atoms with Crippen molar-refractivity contribution in [1.82, 2.24) is 0 Å². The lowest BCUT2D eigenvalue weighted by atomic mass is 10.0. The van der Waals surface area contributed by atoms with Crippen LogP contribution in [-0.4, -0.2) is 18.5 Å². The first-order chi connectivity index (χ1) is 12.6. The van der Waals surface area contributed by atoms with Crippen LogP contribution in [0.5, 0.6) is 0 Å². The molecule has 0 fully saturated rings. The molecule has 0 radical (unpaired) electrons. The van der Waals surface area contributed by atoms with Gasteiger partial charge in [-0.15, -0.1) is 0 Å². The summed E-state index contributed by atoms with van der Waals surface area (Å²) in [5, 5.41) is 9.26. The summed E-state index contributed by atoms with van der Waals surface area (Å²) in [6.45, 7) is 4.16. The van der Waals surface area contributed by atoms with Crippen LogP contribution < -0.4 is 4.90 Å². The smallest absolute Gasteiger partial charge is 0.349 e. The van der Waals surface area contributed by atoms with E-state index in [-0.39, 0.29) is 18.1 Å². The Morgan fingerprint density at radius 1 is 1.19 bits per heavy atom. The number of nitrogens with zero attached hydrogens (tertiary/aromatic N) is 2. The van der Waals surface area contributed by atoms with E-state index in [9.17, 15) is 14.9 Å². The third-order valence-electron chi connectivity index (χ3n) is 4.40. The van der Waals surface area contributed by atoms with Crippen molar-refractivity contribution in [3.63, 3.8) is 0 Å². The number of hydrogen-bond donors (Lipinski definition) is 0. The zero-order valence-electron chi connectivity index (χ0n) is 14.7. The predicted molar refractivity (Wildman–Crippen MR) is 98.2 cm³/mol. The van der Waals surface area contributed by atoms with Crippen molar-refractivity contribution in [1.29, 1.82) is 5.26 Å². The van der Waals surface area contributed by atoms with Crippen LogP contribution in [0.4, 0.5) is 5.69 Å². The molecule has 0 N–H and O–H groups in total. The van der Waals surface area contributed by atoms with Gasteiger partial charge in [0.25, 0.3) is 5.91 Å². The number of rotatable bonds is 4. The molecule has 0 aromatic heterocycles. The monoisotopic (exact) mass is 346 g/mol. The highest BCUT2D eigenvalue weighted by Crippen LogP contribution is 2.29. The first-order valence-corrected chi connectivity index (χ1v) is 8.35. The van der Waals surface area contributed by atoms with Crippen molar-refractivity contribution in [2.45, 2.75) is 20.4 Å². The molecule has 1 aliphatic heterocycles. The van der Waals surface area contributed by atoms with Crippen molar-refractivity contribution < 1.29 is 14.3 Å². The van der Waals surface area contributed by atoms with Crippen LogP contribution in [-0.2, 0) is 16.1 Å². The summed E-state index contributed by atoms with van der Waals surface area (Å²) in [5.74, 6) is -0.647. The third-order valence-corrected chi connectivity index (χ3v) is 4.40. The highest BCUT2D eigenvalue weighted by molar-refractivity contribution is 6.10. The van der Waals surface area contributed by atoms with Crippen LogP contribution in [0.25, 0.3) is 5.57 Å². The summed E-state index contributed by atoms with van der Waals surface area (Å²) in [4.78, 5) is 26.1. The summed E-state index contributed by atoms with van der Waals surface area (Å²) >= 11 is 0. The Bertz CT molecular complexity index is 936. The second-order valence-electron chi connectivity index (χ2n) is 5.93. The lowest BCUT2D eigenvalue weighted by molar-refractivity contribution is -0.137. The van der Waals surface area contributed by atoms with E-state index in [1.807, 2.05) is 42.5 Å². The summed E-state index contributed by atoms with van der Waals surface area (Å²) < 4.78 is 4.92. The molecule has 130 valence electrons. The molecule has 0 unspecified atom stereocenters. The van der Waals surface area contributed by atoms with Crippen molar-refractivity contribution in [3.8, 4) is 6.07 Å². The number of allylic oxidation sites excluding steroid dienone is 1. The summed E-state index contributed by atoms with van der Waals surface area (Å²) in [7, 11) is 0. The fourth-order valence-electron chi connectivity index (χ4n) is 2.98. The first-order valence-electron chi connectivity index (χ1n) is 8.35. The second-order valence-corrected chi connectivity index (χ2v) is 5.93. The number of hydrogen-bond acceptors (Lipinski definition) is 4. The molecular weight excluding hydrogens is 328 g/mol. The fraction of sp³-hybridized carbons (Fsp3) is 0.190. The van der Waals surface area contributed by atoms with Crippen LogP contribution in [0.1, 0.15) is 35.3 Å². The number of anilines is 1. The molecule has 5 nitrogen and oxygen atoms in total. The summed E-state index contributed by atoms with van der Waals surface area (Å²) in [5.41, 5.74) is 3.78. The highest BCUT2D eigenvalue weighted by atomic mass is 16.5. The average molecular weight is 346 g/mol. The minimum Gasteiger partial charge on any atom is -0.462 e. The Hall–Kier alpha value is -3.39. The van der Waals surface area contributed by atoms with Gasteiger partial charge in [0.05, 0.1) is 13.2 Å². The lowest BCUT2D eigenvalue weighted by Gasteiger charge is -2.16. The van der Waals surface area contributed by atoms with E-state index in [1.54, 1.807) is 30.9 Å². The summed E-state index contributed by atoms with van der Waals surface area (Å²) in [6.07, 6.45) is 0. The molecule has 0 atom stereocenters. The number of nitriles is 1. The second kappa shape index (κ2) is 7.24. The largest absolute Gasteiger partial charge is 0.462 e. The number of amides is 1. The molecule has 0 aliphatic carbocycles. The quantitative estimate of drug-likeness (QED) is 0.481. The van der Waals surface area contributed by atoms with E-state index in [0.29, 0.717) is 12.1 Å². The minimum atomic E-state index is -0.623. The van der Waals surface area contributed by atoms with Gasteiger partial charge >= 0.3 is 5.97 Å². The molecule has 0 saturated carbocycles. The maximum absolute atomic E-state index is 12.5. The van der Waals surface area contributed by atoms with Crippen LogP contribution in [0.3, 0.4) is 0 Å². The van der Waals surface area contributed by atoms with Crippen molar-refractivity contribution >= 4 is 23.1 Å². The van der Waals surface area contributed by atoms with Gasteiger partial charge in [0, 0.05) is 11.3 Å². The maximum atomic E-state index is 12.5. The van der Waals surface area contributed by atoms with Crippen LogP contribution in [0.15, 0.2) is 54.1 Å².